The number of hydrogen-bond acceptors (Lipinski definition) is 5. The topological polar surface area (TPSA) is 99.1 Å². The summed E-state index contributed by atoms with van der Waals surface area (Å²) in [6, 6.07) is 26.0. The zero-order valence-electron chi connectivity index (χ0n) is 24.4. The highest BCUT2D eigenvalue weighted by Crippen LogP contribution is 2.36. The number of alkyl carbamates (subject to hydrolysis) is 1. The minimum Gasteiger partial charge on any atom is -0.444 e. The quantitative estimate of drug-likeness (QED) is 0.331. The van der Waals surface area contributed by atoms with E-state index in [2.05, 4.69) is 5.32 Å². The maximum atomic E-state index is 14.1. The van der Waals surface area contributed by atoms with Crippen molar-refractivity contribution in [2.24, 2.45) is 5.92 Å². The molecule has 1 aliphatic carbocycles. The molecule has 7 heteroatoms. The van der Waals surface area contributed by atoms with E-state index in [1.54, 1.807) is 32.7 Å². The summed E-state index contributed by atoms with van der Waals surface area (Å²) in [5.74, 6) is -0.750. The molecule has 0 radical (unpaired) electrons. The van der Waals surface area contributed by atoms with Crippen LogP contribution in [-0.2, 0) is 28.8 Å². The van der Waals surface area contributed by atoms with Crippen LogP contribution in [0.5, 0.6) is 0 Å². The summed E-state index contributed by atoms with van der Waals surface area (Å²) in [7, 11) is 1.73. The van der Waals surface area contributed by atoms with Gasteiger partial charge in [0.15, 0.2) is 0 Å². The number of rotatable bonds is 10. The number of carbonyl (C=O) groups is 2. The van der Waals surface area contributed by atoms with Crippen molar-refractivity contribution in [1.29, 1.82) is 0 Å². The van der Waals surface area contributed by atoms with Crippen molar-refractivity contribution < 1.29 is 24.5 Å². The summed E-state index contributed by atoms with van der Waals surface area (Å²) in [5.41, 5.74) is 3.20. The molecule has 3 aromatic carbocycles. The molecule has 3 aromatic rings. The first-order chi connectivity index (χ1) is 19.5. The second-order valence-electron chi connectivity index (χ2n) is 12.0. The van der Waals surface area contributed by atoms with Crippen LogP contribution in [0.25, 0.3) is 0 Å². The Morgan fingerprint density at radius 1 is 0.927 bits per heavy atom. The number of nitrogens with one attached hydrogen (secondary N) is 1. The van der Waals surface area contributed by atoms with E-state index in [1.807, 2.05) is 84.9 Å². The monoisotopic (exact) mass is 558 g/mol. The smallest absolute Gasteiger partial charge is 0.407 e. The van der Waals surface area contributed by atoms with Crippen LogP contribution < -0.4 is 5.32 Å². The molecule has 0 spiro atoms. The number of fused-ring (bicyclic) bond motifs is 1. The maximum absolute atomic E-state index is 14.1. The largest absolute Gasteiger partial charge is 0.444 e. The molecule has 0 aliphatic heterocycles. The zero-order valence-corrected chi connectivity index (χ0v) is 24.4. The molecule has 2 amide bonds. The Morgan fingerprint density at radius 3 is 2.10 bits per heavy atom. The SMILES string of the molecule is CN(C(=O)[C@H](Cc1ccccc1)C[C@H](O)[C@H](Cc1ccccc1)NC(=O)OC(C)(C)C)[C@H]1c2ccccc2C[C@H]1O. The molecule has 1 aliphatic rings. The van der Waals surface area contributed by atoms with Gasteiger partial charge in [0.2, 0.25) is 5.91 Å². The Bertz CT molecular complexity index is 1290. The van der Waals surface area contributed by atoms with Crippen LogP contribution in [0.15, 0.2) is 84.9 Å². The molecule has 0 bridgehead atoms. The number of likely N-dealkylation sites (N-methyl/N-ethyl adjacent to an activating group) is 1. The van der Waals surface area contributed by atoms with Crippen molar-refractivity contribution in [3.8, 4) is 0 Å². The number of nitrogens with zero attached hydrogens (tertiary/aromatic N) is 1. The summed E-state index contributed by atoms with van der Waals surface area (Å²) in [5, 5.41) is 25.4. The van der Waals surface area contributed by atoms with Crippen LogP contribution >= 0.6 is 0 Å². The number of aliphatic hydroxyl groups is 2. The number of hydrogen-bond donors (Lipinski definition) is 3. The Kier molecular flexibility index (Phi) is 9.84. The molecule has 0 heterocycles. The van der Waals surface area contributed by atoms with Gasteiger partial charge >= 0.3 is 6.09 Å². The summed E-state index contributed by atoms with van der Waals surface area (Å²) in [6.45, 7) is 5.36. The lowest BCUT2D eigenvalue weighted by atomic mass is 9.88. The number of carbonyl (C=O) groups excluding carboxylic acids is 2. The molecule has 41 heavy (non-hydrogen) atoms. The van der Waals surface area contributed by atoms with Crippen molar-refractivity contribution in [3.63, 3.8) is 0 Å². The van der Waals surface area contributed by atoms with Gasteiger partial charge in [-0.05, 0) is 62.3 Å². The molecular formula is C34H42N2O5. The molecule has 3 N–H and O–H groups in total. The second-order valence-corrected chi connectivity index (χ2v) is 12.0. The Morgan fingerprint density at radius 2 is 1.49 bits per heavy atom. The zero-order chi connectivity index (χ0) is 29.6. The normalized spacial score (nSPS) is 18.6. The van der Waals surface area contributed by atoms with Crippen LogP contribution in [-0.4, -0.2) is 58.0 Å². The van der Waals surface area contributed by atoms with E-state index in [1.165, 1.54) is 0 Å². The summed E-state index contributed by atoms with van der Waals surface area (Å²) in [6.07, 6.45) is -0.961. The van der Waals surface area contributed by atoms with Gasteiger partial charge in [0, 0.05) is 19.4 Å². The van der Waals surface area contributed by atoms with Crippen molar-refractivity contribution in [2.75, 3.05) is 7.05 Å². The first-order valence-corrected chi connectivity index (χ1v) is 14.3. The first kappa shape index (κ1) is 30.3. The van der Waals surface area contributed by atoms with Crippen molar-refractivity contribution >= 4 is 12.0 Å². The summed E-state index contributed by atoms with van der Waals surface area (Å²) in [4.78, 5) is 28.5. The lowest BCUT2D eigenvalue weighted by molar-refractivity contribution is -0.139. The number of benzene rings is 3. The second kappa shape index (κ2) is 13.3. The van der Waals surface area contributed by atoms with Crippen LogP contribution in [0, 0.1) is 5.92 Å². The van der Waals surface area contributed by atoms with Gasteiger partial charge in [-0.2, -0.15) is 0 Å². The first-order valence-electron chi connectivity index (χ1n) is 14.3. The van der Waals surface area contributed by atoms with Crippen molar-refractivity contribution in [1.82, 2.24) is 10.2 Å². The molecule has 0 unspecified atom stereocenters. The van der Waals surface area contributed by atoms with Gasteiger partial charge in [0.1, 0.15) is 5.60 Å². The Hall–Kier alpha value is -3.68. The van der Waals surface area contributed by atoms with Crippen LogP contribution in [0.2, 0.25) is 0 Å². The van der Waals surface area contributed by atoms with Gasteiger partial charge in [-0.1, -0.05) is 84.9 Å². The maximum Gasteiger partial charge on any atom is 0.407 e. The number of amides is 2. The molecular weight excluding hydrogens is 516 g/mol. The minimum atomic E-state index is -1.03. The molecule has 7 nitrogen and oxygen atoms in total. The number of aliphatic hydroxyl groups excluding tert-OH is 2. The molecule has 0 fully saturated rings. The van der Waals surface area contributed by atoms with Crippen LogP contribution in [0.4, 0.5) is 4.79 Å². The van der Waals surface area contributed by atoms with Gasteiger partial charge in [-0.3, -0.25) is 4.79 Å². The van der Waals surface area contributed by atoms with E-state index in [0.717, 1.165) is 22.3 Å². The van der Waals surface area contributed by atoms with E-state index in [4.69, 9.17) is 4.74 Å². The van der Waals surface area contributed by atoms with Crippen molar-refractivity contribution in [3.05, 3.63) is 107 Å². The average molecular weight is 559 g/mol. The van der Waals surface area contributed by atoms with Gasteiger partial charge in [-0.15, -0.1) is 0 Å². The van der Waals surface area contributed by atoms with E-state index < -0.39 is 41.9 Å². The summed E-state index contributed by atoms with van der Waals surface area (Å²) >= 11 is 0. The molecule has 5 atom stereocenters. The average Bonchev–Trinajstić information content (AvgIpc) is 3.27. The lowest BCUT2D eigenvalue weighted by Crippen LogP contribution is -2.48. The van der Waals surface area contributed by atoms with Gasteiger partial charge in [-0.25, -0.2) is 4.79 Å². The van der Waals surface area contributed by atoms with Gasteiger partial charge in [0.05, 0.1) is 24.3 Å². The predicted molar refractivity (Wildman–Crippen MR) is 159 cm³/mol. The molecule has 218 valence electrons. The summed E-state index contributed by atoms with van der Waals surface area (Å²) < 4.78 is 5.49. The van der Waals surface area contributed by atoms with Gasteiger partial charge < -0.3 is 25.2 Å². The highest BCUT2D eigenvalue weighted by Gasteiger charge is 2.39. The minimum absolute atomic E-state index is 0.121. The fraction of sp³-hybridized carbons (Fsp3) is 0.412. The van der Waals surface area contributed by atoms with Gasteiger partial charge in [0.25, 0.3) is 0 Å². The molecule has 4 rings (SSSR count). The molecule has 0 saturated carbocycles. The Balaban J connectivity index is 1.58. The molecule has 0 saturated heterocycles. The molecule has 0 aromatic heterocycles. The van der Waals surface area contributed by atoms with Crippen LogP contribution in [0.3, 0.4) is 0 Å². The highest BCUT2D eigenvalue weighted by molar-refractivity contribution is 5.80. The standard InChI is InChI=1S/C34H42N2O5/c1-34(2,3)41-33(40)35-28(20-24-15-9-6-10-16-24)29(37)22-26(19-23-13-7-5-8-14-23)32(39)36(4)31-27-18-12-11-17-25(27)21-30(31)38/h5-18,26,28-31,37-38H,19-22H2,1-4H3,(H,35,40)/t26-,28+,29+,30-,31+/m1/s1. The highest BCUT2D eigenvalue weighted by atomic mass is 16.6. The van der Waals surface area contributed by atoms with E-state index >= 15 is 0 Å². The van der Waals surface area contributed by atoms with Crippen LogP contribution in [0.1, 0.15) is 55.5 Å². The third-order valence-electron chi connectivity index (χ3n) is 7.60. The lowest BCUT2D eigenvalue weighted by Gasteiger charge is -2.33. The Labute approximate surface area is 243 Å². The van der Waals surface area contributed by atoms with E-state index in [0.29, 0.717) is 19.3 Å². The van der Waals surface area contributed by atoms with E-state index in [-0.39, 0.29) is 12.3 Å². The third-order valence-corrected chi connectivity index (χ3v) is 7.60. The van der Waals surface area contributed by atoms with Crippen molar-refractivity contribution in [2.45, 2.75) is 76.3 Å². The predicted octanol–water partition coefficient (Wildman–Crippen LogP) is 4.85. The fourth-order valence-electron chi connectivity index (χ4n) is 5.68. The fourth-order valence-corrected chi connectivity index (χ4v) is 5.68. The third kappa shape index (κ3) is 8.18. The number of ether oxygens (including phenoxy) is 1. The van der Waals surface area contributed by atoms with E-state index in [9.17, 15) is 19.8 Å².